The van der Waals surface area contributed by atoms with Gasteiger partial charge in [-0.25, -0.2) is 4.39 Å². The minimum Gasteiger partial charge on any atom is -0.462 e. The molecule has 1 saturated heterocycles. The monoisotopic (exact) mass is 345 g/mol. The van der Waals surface area contributed by atoms with Crippen molar-refractivity contribution in [2.45, 2.75) is 51.2 Å². The maximum atomic E-state index is 13.6. The first kappa shape index (κ1) is 19.9. The van der Waals surface area contributed by atoms with Gasteiger partial charge in [0.2, 0.25) is 0 Å². The van der Waals surface area contributed by atoms with E-state index in [4.69, 9.17) is 11.6 Å². The van der Waals surface area contributed by atoms with Crippen molar-refractivity contribution in [2.24, 2.45) is 0 Å². The Balaban J connectivity index is 0.000000322. The molecule has 0 bridgehead atoms. The molecule has 0 atom stereocenters. The van der Waals surface area contributed by atoms with Gasteiger partial charge in [-0.2, -0.15) is 0 Å². The van der Waals surface area contributed by atoms with Gasteiger partial charge in [0.25, 0.3) is 6.47 Å². The van der Waals surface area contributed by atoms with Gasteiger partial charge >= 0.3 is 0 Å². The van der Waals surface area contributed by atoms with Crippen LogP contribution in [0, 0.1) is 5.82 Å². The standard InChI is InChI=1S/C12H15ClFNO.C5H10O2/c13-10-2-1-9(11(14)7-10)8-12(16)3-5-15-6-4-12;1-5(2,3)7-4-6/h1-2,7,15-16H,3-6,8H2;4H,1-3H3. The first-order valence-electron chi connectivity index (χ1n) is 7.64. The zero-order valence-corrected chi connectivity index (χ0v) is 14.6. The van der Waals surface area contributed by atoms with Crippen molar-refractivity contribution in [3.05, 3.63) is 34.6 Å². The molecule has 4 nitrogen and oxygen atoms in total. The molecule has 0 saturated carbocycles. The molecule has 130 valence electrons. The first-order valence-corrected chi connectivity index (χ1v) is 8.01. The molecular weight excluding hydrogens is 321 g/mol. The fourth-order valence-electron chi connectivity index (χ4n) is 2.23. The van der Waals surface area contributed by atoms with Crippen molar-refractivity contribution < 1.29 is 19.0 Å². The van der Waals surface area contributed by atoms with Crippen molar-refractivity contribution in [3.63, 3.8) is 0 Å². The minimum atomic E-state index is -0.778. The average molecular weight is 346 g/mol. The molecule has 1 aromatic carbocycles. The number of ether oxygens (including phenoxy) is 1. The van der Waals surface area contributed by atoms with Crippen LogP contribution in [0.4, 0.5) is 4.39 Å². The van der Waals surface area contributed by atoms with E-state index in [2.05, 4.69) is 10.1 Å². The van der Waals surface area contributed by atoms with Gasteiger partial charge in [0.15, 0.2) is 0 Å². The van der Waals surface area contributed by atoms with Crippen molar-refractivity contribution in [2.75, 3.05) is 13.1 Å². The smallest absolute Gasteiger partial charge is 0.293 e. The molecule has 2 N–H and O–H groups in total. The summed E-state index contributed by atoms with van der Waals surface area (Å²) < 4.78 is 18.1. The Labute approximate surface area is 142 Å². The number of rotatable bonds is 3. The molecule has 0 aromatic heterocycles. The Morgan fingerprint density at radius 2 is 2.00 bits per heavy atom. The normalized spacial score (nSPS) is 17.0. The van der Waals surface area contributed by atoms with E-state index in [1.807, 2.05) is 20.8 Å². The zero-order chi connectivity index (χ0) is 17.5. The van der Waals surface area contributed by atoms with Crippen LogP contribution in [-0.2, 0) is 16.0 Å². The van der Waals surface area contributed by atoms with E-state index >= 15 is 0 Å². The molecule has 23 heavy (non-hydrogen) atoms. The van der Waals surface area contributed by atoms with Crippen LogP contribution in [0.25, 0.3) is 0 Å². The van der Waals surface area contributed by atoms with Crippen LogP contribution in [0.3, 0.4) is 0 Å². The third-order valence-electron chi connectivity index (χ3n) is 3.47. The fourth-order valence-corrected chi connectivity index (χ4v) is 2.39. The number of carbonyl (C=O) groups excluding carboxylic acids is 1. The van der Waals surface area contributed by atoms with E-state index in [0.29, 0.717) is 36.3 Å². The van der Waals surface area contributed by atoms with Crippen molar-refractivity contribution in [1.82, 2.24) is 5.32 Å². The molecule has 1 aliphatic heterocycles. The molecular formula is C17H25ClFNO3. The lowest BCUT2D eigenvalue weighted by Gasteiger charge is -2.32. The van der Waals surface area contributed by atoms with Gasteiger partial charge < -0.3 is 15.2 Å². The van der Waals surface area contributed by atoms with Gasteiger partial charge in [-0.3, -0.25) is 4.79 Å². The molecule has 2 rings (SSSR count). The van der Waals surface area contributed by atoms with Gasteiger partial charge in [0.1, 0.15) is 11.4 Å². The highest BCUT2D eigenvalue weighted by Crippen LogP contribution is 2.25. The van der Waals surface area contributed by atoms with Crippen molar-refractivity contribution in [3.8, 4) is 0 Å². The van der Waals surface area contributed by atoms with Crippen molar-refractivity contribution in [1.29, 1.82) is 0 Å². The van der Waals surface area contributed by atoms with E-state index < -0.39 is 5.60 Å². The Morgan fingerprint density at radius 1 is 1.39 bits per heavy atom. The van der Waals surface area contributed by atoms with Crippen LogP contribution in [0.5, 0.6) is 0 Å². The molecule has 1 aromatic rings. The van der Waals surface area contributed by atoms with Gasteiger partial charge in [-0.15, -0.1) is 0 Å². The summed E-state index contributed by atoms with van der Waals surface area (Å²) in [4.78, 5) is 9.60. The van der Waals surface area contributed by atoms with E-state index in [1.54, 1.807) is 12.1 Å². The SMILES string of the molecule is CC(C)(C)OC=O.OC1(Cc2ccc(Cl)cc2F)CCNCC1. The maximum Gasteiger partial charge on any atom is 0.293 e. The Bertz CT molecular complexity index is 511. The van der Waals surface area contributed by atoms with Crippen LogP contribution < -0.4 is 5.32 Å². The Kier molecular flexibility index (Phi) is 7.45. The van der Waals surface area contributed by atoms with Crippen LogP contribution in [0.1, 0.15) is 39.2 Å². The predicted molar refractivity (Wildman–Crippen MR) is 89.1 cm³/mol. The predicted octanol–water partition coefficient (Wildman–Crippen LogP) is 3.09. The molecule has 0 unspecified atom stereocenters. The molecule has 6 heteroatoms. The lowest BCUT2D eigenvalue weighted by Crippen LogP contribution is -2.43. The highest BCUT2D eigenvalue weighted by atomic mass is 35.5. The number of piperidine rings is 1. The third kappa shape index (κ3) is 7.77. The number of nitrogens with one attached hydrogen (secondary N) is 1. The van der Waals surface area contributed by atoms with Gasteiger partial charge in [-0.05, 0) is 64.4 Å². The molecule has 1 aliphatic rings. The zero-order valence-electron chi connectivity index (χ0n) is 13.9. The second-order valence-electron chi connectivity index (χ2n) is 6.71. The summed E-state index contributed by atoms with van der Waals surface area (Å²) in [5.41, 5.74) is -0.560. The largest absolute Gasteiger partial charge is 0.462 e. The molecule has 0 amide bonds. The topological polar surface area (TPSA) is 58.6 Å². The molecule has 0 radical (unpaired) electrons. The summed E-state index contributed by atoms with van der Waals surface area (Å²) in [7, 11) is 0. The highest BCUT2D eigenvalue weighted by molar-refractivity contribution is 6.30. The van der Waals surface area contributed by atoms with E-state index in [1.165, 1.54) is 6.07 Å². The third-order valence-corrected chi connectivity index (χ3v) is 3.71. The molecule has 0 aliphatic carbocycles. The highest BCUT2D eigenvalue weighted by Gasteiger charge is 2.30. The fraction of sp³-hybridized carbons (Fsp3) is 0.588. The van der Waals surface area contributed by atoms with E-state index in [0.717, 1.165) is 13.1 Å². The molecule has 1 heterocycles. The number of hydrogen-bond acceptors (Lipinski definition) is 4. The van der Waals surface area contributed by atoms with E-state index in [9.17, 15) is 14.3 Å². The van der Waals surface area contributed by atoms with Crippen LogP contribution in [0.15, 0.2) is 18.2 Å². The van der Waals surface area contributed by atoms with Crippen molar-refractivity contribution >= 4 is 18.1 Å². The Hall–Kier alpha value is -1.17. The summed E-state index contributed by atoms with van der Waals surface area (Å²) in [6, 6.07) is 4.60. The van der Waals surface area contributed by atoms with Gasteiger partial charge in [0, 0.05) is 11.4 Å². The number of hydrogen-bond donors (Lipinski definition) is 2. The quantitative estimate of drug-likeness (QED) is 0.826. The second kappa shape index (κ2) is 8.62. The van der Waals surface area contributed by atoms with Crippen LogP contribution in [0.2, 0.25) is 5.02 Å². The van der Waals surface area contributed by atoms with Gasteiger partial charge in [0.05, 0.1) is 5.60 Å². The maximum absolute atomic E-state index is 13.6. The summed E-state index contributed by atoms with van der Waals surface area (Å²) in [6.45, 7) is 7.49. The molecule has 1 fully saturated rings. The van der Waals surface area contributed by atoms with Crippen LogP contribution >= 0.6 is 11.6 Å². The number of aliphatic hydroxyl groups is 1. The lowest BCUT2D eigenvalue weighted by molar-refractivity contribution is -0.138. The molecule has 0 spiro atoms. The average Bonchev–Trinajstić information content (AvgIpc) is 2.42. The lowest BCUT2D eigenvalue weighted by atomic mass is 9.86. The van der Waals surface area contributed by atoms with E-state index in [-0.39, 0.29) is 11.4 Å². The Morgan fingerprint density at radius 3 is 2.43 bits per heavy atom. The number of carbonyl (C=O) groups is 1. The van der Waals surface area contributed by atoms with Crippen LogP contribution in [-0.4, -0.2) is 35.9 Å². The van der Waals surface area contributed by atoms with Gasteiger partial charge in [-0.1, -0.05) is 17.7 Å². The summed E-state index contributed by atoms with van der Waals surface area (Å²) in [6.07, 6.45) is 1.68. The first-order chi connectivity index (χ1) is 10.7. The summed E-state index contributed by atoms with van der Waals surface area (Å²) in [5, 5.41) is 13.8. The second-order valence-corrected chi connectivity index (χ2v) is 7.15. The number of benzene rings is 1. The number of halogens is 2. The minimum absolute atomic E-state index is 0.318. The summed E-state index contributed by atoms with van der Waals surface area (Å²) in [5.74, 6) is -0.334. The summed E-state index contributed by atoms with van der Waals surface area (Å²) >= 11 is 5.68.